The van der Waals surface area contributed by atoms with Crippen LogP contribution in [0.5, 0.6) is 5.75 Å². The molecule has 2 rings (SSSR count). The third kappa shape index (κ3) is 5.46. The Balaban J connectivity index is 1.82. The van der Waals surface area contributed by atoms with Gasteiger partial charge >= 0.3 is 0 Å². The molecule has 1 heterocycles. The number of methoxy groups -OCH3 is 1. The van der Waals surface area contributed by atoms with Gasteiger partial charge in [-0.3, -0.25) is 14.5 Å². The Bertz CT molecular complexity index is 595. The molecule has 2 amide bonds. The van der Waals surface area contributed by atoms with Gasteiger partial charge in [0.15, 0.2) is 0 Å². The first kappa shape index (κ1) is 19.2. The molecule has 1 aromatic carbocycles. The molecule has 0 aromatic heterocycles. The van der Waals surface area contributed by atoms with Gasteiger partial charge in [-0.15, -0.1) is 0 Å². The molecule has 1 aromatic rings. The Morgan fingerprint density at radius 2 is 1.84 bits per heavy atom. The molecule has 1 fully saturated rings. The zero-order valence-electron chi connectivity index (χ0n) is 15.6. The molecule has 6 heteroatoms. The first-order chi connectivity index (χ1) is 11.9. The highest BCUT2D eigenvalue weighted by molar-refractivity contribution is 5.94. The van der Waals surface area contributed by atoms with Crippen molar-refractivity contribution in [2.45, 2.75) is 26.8 Å². The number of nitrogens with one attached hydrogen (secondary N) is 1. The molecule has 6 nitrogen and oxygen atoms in total. The minimum Gasteiger partial charge on any atom is -0.497 e. The van der Waals surface area contributed by atoms with Crippen LogP contribution in [0.3, 0.4) is 0 Å². The fourth-order valence-corrected chi connectivity index (χ4v) is 2.72. The van der Waals surface area contributed by atoms with Crippen LogP contribution in [0, 0.1) is 5.92 Å². The van der Waals surface area contributed by atoms with Crippen LogP contribution in [-0.2, 0) is 4.79 Å². The maximum atomic E-state index is 12.6. The topological polar surface area (TPSA) is 61.9 Å². The van der Waals surface area contributed by atoms with E-state index in [9.17, 15) is 9.59 Å². The summed E-state index contributed by atoms with van der Waals surface area (Å²) in [6.45, 7) is 9.26. The molecule has 25 heavy (non-hydrogen) atoms. The highest BCUT2D eigenvalue weighted by Crippen LogP contribution is 2.15. The smallest absolute Gasteiger partial charge is 0.254 e. The number of hydrogen-bond donors (Lipinski definition) is 1. The van der Waals surface area contributed by atoms with Gasteiger partial charge < -0.3 is 15.0 Å². The van der Waals surface area contributed by atoms with E-state index >= 15 is 0 Å². The summed E-state index contributed by atoms with van der Waals surface area (Å²) in [5, 5.41) is 3.02. The summed E-state index contributed by atoms with van der Waals surface area (Å²) in [6.07, 6.45) is 0. The van der Waals surface area contributed by atoms with Crippen LogP contribution in [0.1, 0.15) is 31.1 Å². The van der Waals surface area contributed by atoms with Crippen molar-refractivity contribution in [1.29, 1.82) is 0 Å². The monoisotopic (exact) mass is 347 g/mol. The van der Waals surface area contributed by atoms with E-state index in [0.717, 1.165) is 0 Å². The van der Waals surface area contributed by atoms with Crippen molar-refractivity contribution >= 4 is 11.8 Å². The Labute approximate surface area is 150 Å². The molecule has 0 spiro atoms. The lowest BCUT2D eigenvalue weighted by atomic mass is 10.1. The average molecular weight is 347 g/mol. The van der Waals surface area contributed by atoms with Gasteiger partial charge in [0, 0.05) is 37.8 Å². The molecule has 0 aliphatic carbocycles. The molecule has 1 N–H and O–H groups in total. The van der Waals surface area contributed by atoms with Gasteiger partial charge in [0.05, 0.1) is 13.7 Å². The number of carbonyl (C=O) groups is 2. The molecule has 0 bridgehead atoms. The summed E-state index contributed by atoms with van der Waals surface area (Å²) in [7, 11) is 1.59. The third-order valence-electron chi connectivity index (χ3n) is 4.73. The summed E-state index contributed by atoms with van der Waals surface area (Å²) in [6, 6.07) is 7.38. The fourth-order valence-electron chi connectivity index (χ4n) is 2.72. The lowest BCUT2D eigenvalue weighted by Gasteiger charge is -2.34. The number of rotatable bonds is 6. The minimum absolute atomic E-state index is 0.0106. The maximum absolute atomic E-state index is 12.6. The number of hydrogen-bond acceptors (Lipinski definition) is 4. The van der Waals surface area contributed by atoms with Crippen LogP contribution in [0.15, 0.2) is 24.3 Å². The summed E-state index contributed by atoms with van der Waals surface area (Å²) in [5.41, 5.74) is 0.635. The van der Waals surface area contributed by atoms with Crippen LogP contribution < -0.4 is 10.1 Å². The SMILES string of the molecule is COc1cccc(C(=O)N2CCN(CC(=O)NC(C)C(C)C)CC2)c1. The zero-order valence-corrected chi connectivity index (χ0v) is 15.6. The van der Waals surface area contributed by atoms with Gasteiger partial charge in [0.25, 0.3) is 5.91 Å². The Kier molecular flexibility index (Phi) is 6.82. The molecule has 138 valence electrons. The van der Waals surface area contributed by atoms with Gasteiger partial charge in [-0.1, -0.05) is 19.9 Å². The van der Waals surface area contributed by atoms with E-state index in [1.54, 1.807) is 19.2 Å². The second kappa shape index (κ2) is 8.85. The number of carbonyl (C=O) groups excluding carboxylic acids is 2. The molecule has 1 unspecified atom stereocenters. The number of piperazine rings is 1. The highest BCUT2D eigenvalue weighted by atomic mass is 16.5. The molecule has 1 aliphatic rings. The minimum atomic E-state index is 0.0106. The molecule has 0 saturated carbocycles. The summed E-state index contributed by atoms with van der Waals surface area (Å²) in [4.78, 5) is 28.6. The Hall–Kier alpha value is -2.08. The van der Waals surface area contributed by atoms with Crippen molar-refractivity contribution in [2.75, 3.05) is 39.8 Å². The summed E-state index contributed by atoms with van der Waals surface area (Å²) >= 11 is 0. The van der Waals surface area contributed by atoms with E-state index in [1.807, 2.05) is 24.0 Å². The zero-order chi connectivity index (χ0) is 18.4. The van der Waals surface area contributed by atoms with Crippen LogP contribution in [0.4, 0.5) is 0 Å². The van der Waals surface area contributed by atoms with Gasteiger partial charge in [-0.25, -0.2) is 0 Å². The van der Waals surface area contributed by atoms with Crippen molar-refractivity contribution in [2.24, 2.45) is 5.92 Å². The Morgan fingerprint density at radius 3 is 2.44 bits per heavy atom. The summed E-state index contributed by atoms with van der Waals surface area (Å²) in [5.74, 6) is 1.16. The van der Waals surface area contributed by atoms with Crippen molar-refractivity contribution < 1.29 is 14.3 Å². The van der Waals surface area contributed by atoms with E-state index in [2.05, 4.69) is 24.1 Å². The molecular formula is C19H29N3O3. The van der Waals surface area contributed by atoms with E-state index in [4.69, 9.17) is 4.74 Å². The quantitative estimate of drug-likeness (QED) is 0.849. The lowest BCUT2D eigenvalue weighted by molar-refractivity contribution is -0.123. The van der Waals surface area contributed by atoms with Crippen molar-refractivity contribution in [1.82, 2.24) is 15.1 Å². The first-order valence-corrected chi connectivity index (χ1v) is 8.85. The average Bonchev–Trinajstić information content (AvgIpc) is 2.61. The predicted molar refractivity (Wildman–Crippen MR) is 97.8 cm³/mol. The molecule has 1 aliphatic heterocycles. The number of benzene rings is 1. The van der Waals surface area contributed by atoms with Crippen molar-refractivity contribution in [3.63, 3.8) is 0 Å². The van der Waals surface area contributed by atoms with Gasteiger partial charge in [0.1, 0.15) is 5.75 Å². The van der Waals surface area contributed by atoms with E-state index < -0.39 is 0 Å². The van der Waals surface area contributed by atoms with Gasteiger partial charge in [-0.05, 0) is 31.0 Å². The van der Waals surface area contributed by atoms with Gasteiger partial charge in [-0.2, -0.15) is 0 Å². The largest absolute Gasteiger partial charge is 0.497 e. The lowest BCUT2D eigenvalue weighted by Crippen LogP contribution is -2.52. The number of ether oxygens (including phenoxy) is 1. The summed E-state index contributed by atoms with van der Waals surface area (Å²) < 4.78 is 5.18. The van der Waals surface area contributed by atoms with E-state index in [0.29, 0.717) is 50.0 Å². The standard InChI is InChI=1S/C19H29N3O3/c1-14(2)15(3)20-18(23)13-21-8-10-22(11-9-21)19(24)16-6-5-7-17(12-16)25-4/h5-7,12,14-15H,8-11,13H2,1-4H3,(H,20,23). The van der Waals surface area contributed by atoms with Crippen molar-refractivity contribution in [3.8, 4) is 5.75 Å². The van der Waals surface area contributed by atoms with E-state index in [1.165, 1.54) is 0 Å². The first-order valence-electron chi connectivity index (χ1n) is 8.85. The van der Waals surface area contributed by atoms with Crippen LogP contribution in [0.25, 0.3) is 0 Å². The number of nitrogens with zero attached hydrogens (tertiary/aromatic N) is 2. The second-order valence-corrected chi connectivity index (χ2v) is 6.90. The Morgan fingerprint density at radius 1 is 1.16 bits per heavy atom. The van der Waals surface area contributed by atoms with Gasteiger partial charge in [0.2, 0.25) is 5.91 Å². The van der Waals surface area contributed by atoms with Crippen LogP contribution in [0.2, 0.25) is 0 Å². The third-order valence-corrected chi connectivity index (χ3v) is 4.73. The molecule has 0 radical (unpaired) electrons. The number of amides is 2. The van der Waals surface area contributed by atoms with Crippen molar-refractivity contribution in [3.05, 3.63) is 29.8 Å². The second-order valence-electron chi connectivity index (χ2n) is 6.90. The molecule has 1 saturated heterocycles. The molecular weight excluding hydrogens is 318 g/mol. The van der Waals surface area contributed by atoms with E-state index in [-0.39, 0.29) is 17.9 Å². The van der Waals surface area contributed by atoms with Crippen LogP contribution in [-0.4, -0.2) is 67.5 Å². The predicted octanol–water partition coefficient (Wildman–Crippen LogP) is 1.61. The normalized spacial score (nSPS) is 16.6. The fraction of sp³-hybridized carbons (Fsp3) is 0.579. The highest BCUT2D eigenvalue weighted by Gasteiger charge is 2.24. The molecule has 1 atom stereocenters. The van der Waals surface area contributed by atoms with Crippen LogP contribution >= 0.6 is 0 Å². The maximum Gasteiger partial charge on any atom is 0.254 e.